The Morgan fingerprint density at radius 3 is 2.89 bits per heavy atom. The molecule has 1 aromatic carbocycles. The predicted octanol–water partition coefficient (Wildman–Crippen LogP) is 2.25. The van der Waals surface area contributed by atoms with Gasteiger partial charge in [-0.25, -0.2) is 8.42 Å². The van der Waals surface area contributed by atoms with Gasteiger partial charge in [-0.05, 0) is 24.3 Å². The lowest BCUT2D eigenvalue weighted by atomic mass is 10.0. The van der Waals surface area contributed by atoms with E-state index < -0.39 is 9.84 Å². The molecule has 0 aromatic heterocycles. The number of hydrogen-bond donors (Lipinski definition) is 1. The minimum absolute atomic E-state index is 0.166. The Morgan fingerprint density at radius 2 is 2.17 bits per heavy atom. The molecule has 1 aromatic rings. The van der Waals surface area contributed by atoms with Crippen LogP contribution < -0.4 is 5.32 Å². The number of benzene rings is 1. The van der Waals surface area contributed by atoms with E-state index in [4.69, 9.17) is 0 Å². The van der Waals surface area contributed by atoms with Gasteiger partial charge in [0.15, 0.2) is 9.84 Å². The van der Waals surface area contributed by atoms with Crippen molar-refractivity contribution in [2.75, 3.05) is 18.6 Å². The maximum Gasteiger partial charge on any atom is 0.178 e. The lowest BCUT2D eigenvalue weighted by molar-refractivity contribution is 0.495. The number of thioether (sulfide) groups is 1. The first kappa shape index (κ1) is 13.9. The highest BCUT2D eigenvalue weighted by atomic mass is 32.2. The fourth-order valence-corrected chi connectivity index (χ4v) is 4.08. The zero-order chi connectivity index (χ0) is 13.2. The molecular weight excluding hydrogens is 266 g/mol. The number of rotatable bonds is 4. The Hall–Kier alpha value is -0.520. The van der Waals surface area contributed by atoms with Crippen LogP contribution in [-0.4, -0.2) is 32.2 Å². The predicted molar refractivity (Wildman–Crippen MR) is 76.8 cm³/mol. The van der Waals surface area contributed by atoms with Crippen LogP contribution in [0.1, 0.15) is 24.9 Å². The highest BCUT2D eigenvalue weighted by Gasteiger charge is 2.29. The molecule has 2 rings (SSSR count). The second-order valence-electron chi connectivity index (χ2n) is 4.65. The second kappa shape index (κ2) is 5.63. The van der Waals surface area contributed by atoms with Gasteiger partial charge in [-0.2, -0.15) is 11.8 Å². The third-order valence-corrected chi connectivity index (χ3v) is 6.15. The van der Waals surface area contributed by atoms with Gasteiger partial charge in [0.25, 0.3) is 0 Å². The lowest BCUT2D eigenvalue weighted by Crippen LogP contribution is -2.33. The minimum atomic E-state index is -3.06. The largest absolute Gasteiger partial charge is 0.309 e. The monoisotopic (exact) mass is 285 g/mol. The molecule has 0 spiro atoms. The van der Waals surface area contributed by atoms with Gasteiger partial charge >= 0.3 is 0 Å². The number of sulfone groups is 1. The molecule has 0 saturated carbocycles. The van der Waals surface area contributed by atoms with Crippen molar-refractivity contribution >= 4 is 21.6 Å². The van der Waals surface area contributed by atoms with E-state index in [0.29, 0.717) is 16.6 Å². The van der Waals surface area contributed by atoms with Gasteiger partial charge in [-0.15, -0.1) is 0 Å². The fraction of sp³-hybridized carbons (Fsp3) is 0.538. The average Bonchev–Trinajstić information content (AvgIpc) is 2.38. The molecule has 0 bridgehead atoms. The van der Waals surface area contributed by atoms with Gasteiger partial charge in [0.2, 0.25) is 0 Å². The highest BCUT2D eigenvalue weighted by molar-refractivity contribution is 7.99. The van der Waals surface area contributed by atoms with Gasteiger partial charge in [0, 0.05) is 17.8 Å². The first-order valence-corrected chi connectivity index (χ1v) is 9.06. The first-order chi connectivity index (χ1) is 8.54. The van der Waals surface area contributed by atoms with Crippen molar-refractivity contribution < 1.29 is 8.42 Å². The Kier molecular flexibility index (Phi) is 4.35. The topological polar surface area (TPSA) is 46.2 Å². The zero-order valence-corrected chi connectivity index (χ0v) is 12.4. The fourth-order valence-electron chi connectivity index (χ4n) is 2.19. The molecule has 18 heavy (non-hydrogen) atoms. The quantitative estimate of drug-likeness (QED) is 0.921. The molecule has 0 fully saturated rings. The molecule has 1 aliphatic heterocycles. The zero-order valence-electron chi connectivity index (χ0n) is 10.7. The lowest BCUT2D eigenvalue weighted by Gasteiger charge is -2.27. The van der Waals surface area contributed by atoms with E-state index in [1.807, 2.05) is 23.9 Å². The number of hydrogen-bond acceptors (Lipinski definition) is 4. The molecule has 0 amide bonds. The smallest absolute Gasteiger partial charge is 0.178 e. The van der Waals surface area contributed by atoms with E-state index in [-0.39, 0.29) is 11.8 Å². The number of nitrogens with one attached hydrogen (secondary N) is 1. The van der Waals surface area contributed by atoms with Crippen molar-refractivity contribution in [2.24, 2.45) is 0 Å². The van der Waals surface area contributed by atoms with E-state index in [1.165, 1.54) is 0 Å². The van der Waals surface area contributed by atoms with Crippen LogP contribution in [-0.2, 0) is 9.84 Å². The Balaban J connectivity index is 2.21. The molecule has 3 nitrogen and oxygen atoms in total. The summed E-state index contributed by atoms with van der Waals surface area (Å²) >= 11 is 1.81. The SMILES string of the molecule is CSC(C)CNC1CCS(=O)(=O)c2ccccc21. The molecule has 2 atom stereocenters. The second-order valence-corrected chi connectivity index (χ2v) is 8.01. The van der Waals surface area contributed by atoms with E-state index in [9.17, 15) is 8.42 Å². The molecule has 0 radical (unpaired) electrons. The van der Waals surface area contributed by atoms with Gasteiger partial charge in [-0.1, -0.05) is 25.1 Å². The average molecular weight is 285 g/mol. The summed E-state index contributed by atoms with van der Waals surface area (Å²) in [5.41, 5.74) is 0.928. The van der Waals surface area contributed by atoms with Crippen LogP contribution in [0.5, 0.6) is 0 Å². The standard InChI is InChI=1S/C13H19NO2S2/c1-10(17-2)9-14-12-7-8-18(15,16)13-6-4-3-5-11(12)13/h3-6,10,12,14H,7-9H2,1-2H3. The van der Waals surface area contributed by atoms with E-state index in [1.54, 1.807) is 12.1 Å². The molecule has 0 aliphatic carbocycles. The third-order valence-electron chi connectivity index (χ3n) is 3.36. The maximum absolute atomic E-state index is 12.0. The summed E-state index contributed by atoms with van der Waals surface area (Å²) in [5.74, 6) is 0.245. The van der Waals surface area contributed by atoms with Crippen LogP contribution in [0.3, 0.4) is 0 Å². The summed E-state index contributed by atoms with van der Waals surface area (Å²) in [7, 11) is -3.06. The Bertz CT molecular complexity index is 513. The normalized spacial score (nSPS) is 23.3. The highest BCUT2D eigenvalue weighted by Crippen LogP contribution is 2.31. The molecule has 1 aliphatic rings. The number of fused-ring (bicyclic) bond motifs is 1. The van der Waals surface area contributed by atoms with Crippen LogP contribution in [0.15, 0.2) is 29.2 Å². The van der Waals surface area contributed by atoms with Crippen LogP contribution >= 0.6 is 11.8 Å². The summed E-state index contributed by atoms with van der Waals surface area (Å²) in [4.78, 5) is 0.505. The van der Waals surface area contributed by atoms with E-state index in [2.05, 4.69) is 18.5 Å². The van der Waals surface area contributed by atoms with Crippen molar-refractivity contribution in [1.29, 1.82) is 0 Å². The Labute approximate surface area is 113 Å². The van der Waals surface area contributed by atoms with Crippen molar-refractivity contribution in [3.63, 3.8) is 0 Å². The maximum atomic E-state index is 12.0. The summed E-state index contributed by atoms with van der Waals surface area (Å²) < 4.78 is 24.0. The molecule has 1 heterocycles. The van der Waals surface area contributed by atoms with Gasteiger partial charge in [0.05, 0.1) is 10.6 Å². The Morgan fingerprint density at radius 1 is 1.44 bits per heavy atom. The molecule has 100 valence electrons. The van der Waals surface area contributed by atoms with E-state index >= 15 is 0 Å². The van der Waals surface area contributed by atoms with Gasteiger partial charge in [-0.3, -0.25) is 0 Å². The van der Waals surface area contributed by atoms with Crippen molar-refractivity contribution in [1.82, 2.24) is 5.32 Å². The van der Waals surface area contributed by atoms with Crippen molar-refractivity contribution in [3.8, 4) is 0 Å². The summed E-state index contributed by atoms with van der Waals surface area (Å²) in [5, 5.41) is 4.02. The summed E-state index contributed by atoms with van der Waals surface area (Å²) in [6.07, 6.45) is 2.76. The van der Waals surface area contributed by atoms with Crippen LogP contribution in [0.25, 0.3) is 0 Å². The van der Waals surface area contributed by atoms with Crippen LogP contribution in [0.4, 0.5) is 0 Å². The van der Waals surface area contributed by atoms with Gasteiger partial charge in [0.1, 0.15) is 0 Å². The van der Waals surface area contributed by atoms with Crippen LogP contribution in [0.2, 0.25) is 0 Å². The minimum Gasteiger partial charge on any atom is -0.309 e. The van der Waals surface area contributed by atoms with Gasteiger partial charge < -0.3 is 5.32 Å². The molecule has 1 N–H and O–H groups in total. The van der Waals surface area contributed by atoms with Crippen molar-refractivity contribution in [2.45, 2.75) is 29.5 Å². The summed E-state index contributed by atoms with van der Waals surface area (Å²) in [6, 6.07) is 7.51. The van der Waals surface area contributed by atoms with E-state index in [0.717, 1.165) is 12.1 Å². The van der Waals surface area contributed by atoms with Crippen molar-refractivity contribution in [3.05, 3.63) is 29.8 Å². The molecule has 2 unspecified atom stereocenters. The molecule has 0 saturated heterocycles. The third kappa shape index (κ3) is 2.90. The summed E-state index contributed by atoms with van der Waals surface area (Å²) in [6.45, 7) is 3.07. The molecular formula is C13H19NO2S2. The first-order valence-electron chi connectivity index (χ1n) is 6.12. The molecule has 5 heteroatoms. The van der Waals surface area contributed by atoms with Crippen LogP contribution in [0, 0.1) is 0 Å².